The normalized spacial score (nSPS) is 12.1. The molecule has 0 saturated heterocycles. The number of amides is 1. The van der Waals surface area contributed by atoms with Gasteiger partial charge in [-0.15, -0.1) is 0 Å². The Morgan fingerprint density at radius 2 is 2.04 bits per heavy atom. The fourth-order valence-corrected chi connectivity index (χ4v) is 2.02. The molecule has 0 aliphatic rings. The van der Waals surface area contributed by atoms with Crippen LogP contribution in [-0.4, -0.2) is 5.91 Å². The van der Waals surface area contributed by atoms with Crippen LogP contribution in [0.2, 0.25) is 0 Å². The molecule has 2 aromatic rings. The van der Waals surface area contributed by atoms with Gasteiger partial charge < -0.3 is 26.5 Å². The van der Waals surface area contributed by atoms with Crippen molar-refractivity contribution in [3.63, 3.8) is 0 Å². The maximum Gasteiger partial charge on any atom is 0.251 e. The van der Waals surface area contributed by atoms with Crippen LogP contribution in [0.3, 0.4) is 0 Å². The lowest BCUT2D eigenvalue weighted by Gasteiger charge is -2.08. The number of carbonyl (C=O) groups is 1. The van der Waals surface area contributed by atoms with Crippen LogP contribution in [0, 0.1) is 6.92 Å². The van der Waals surface area contributed by atoms with Crippen LogP contribution in [0.1, 0.15) is 31.7 Å². The minimum Gasteiger partial charge on any atom is -0.465 e. The van der Waals surface area contributed by atoms with Gasteiger partial charge in [-0.25, -0.2) is 0 Å². The molecule has 24 heavy (non-hydrogen) atoms. The van der Waals surface area contributed by atoms with Gasteiger partial charge in [0.05, 0.1) is 6.54 Å². The molecule has 0 radical (unpaired) electrons. The van der Waals surface area contributed by atoms with Crippen molar-refractivity contribution in [2.45, 2.75) is 20.4 Å². The number of nitrogens with two attached hydrogens (primary N) is 2. The van der Waals surface area contributed by atoms with Crippen LogP contribution in [0.15, 0.2) is 64.5 Å². The molecule has 0 aliphatic heterocycles. The van der Waals surface area contributed by atoms with Gasteiger partial charge in [0.25, 0.3) is 5.91 Å². The molecule has 0 fully saturated rings. The van der Waals surface area contributed by atoms with E-state index in [2.05, 4.69) is 10.6 Å². The number of hydrogen-bond donors (Lipinski definition) is 4. The minimum atomic E-state index is -0.187. The molecular weight excluding hydrogens is 304 g/mol. The third kappa shape index (κ3) is 5.24. The Balaban J connectivity index is 0.00000312. The van der Waals surface area contributed by atoms with Crippen molar-refractivity contribution in [2.24, 2.45) is 11.5 Å². The fraction of sp³-hybridized carbons (Fsp3) is 0.167. The molecule has 0 atom stereocenters. The van der Waals surface area contributed by atoms with Gasteiger partial charge in [-0.05, 0) is 56.3 Å². The van der Waals surface area contributed by atoms with E-state index in [9.17, 15) is 4.79 Å². The molecule has 1 aromatic carbocycles. The monoisotopic (exact) mass is 330 g/mol. The summed E-state index contributed by atoms with van der Waals surface area (Å²) < 4.78 is 5.43. The molecule has 0 aliphatic carbocycles. The first-order valence-corrected chi connectivity index (χ1v) is 7.54. The minimum absolute atomic E-state index is 0. The zero-order valence-corrected chi connectivity index (χ0v) is 13.8. The second-order valence-electron chi connectivity index (χ2n) is 5.43. The van der Waals surface area contributed by atoms with E-state index in [-0.39, 0.29) is 8.76 Å². The Morgan fingerprint density at radius 1 is 1.25 bits per heavy atom. The molecule has 0 saturated carbocycles. The molecule has 1 heterocycles. The van der Waals surface area contributed by atoms with Crippen LogP contribution in [-0.2, 0) is 6.54 Å². The van der Waals surface area contributed by atoms with Crippen molar-refractivity contribution in [1.29, 1.82) is 0 Å². The quantitative estimate of drug-likeness (QED) is 0.609. The third-order valence-corrected chi connectivity index (χ3v) is 3.16. The molecule has 2 rings (SSSR count). The van der Waals surface area contributed by atoms with Crippen molar-refractivity contribution in [2.75, 3.05) is 5.32 Å². The number of nitrogens with one attached hydrogen (secondary N) is 2. The first-order valence-electron chi connectivity index (χ1n) is 7.54. The van der Waals surface area contributed by atoms with Crippen molar-refractivity contribution in [3.05, 3.63) is 77.2 Å². The summed E-state index contributed by atoms with van der Waals surface area (Å²) >= 11 is 0. The highest BCUT2D eigenvalue weighted by Gasteiger charge is 2.07. The lowest BCUT2D eigenvalue weighted by atomic mass is 10.2. The van der Waals surface area contributed by atoms with Crippen LogP contribution >= 0.6 is 0 Å². The number of allylic oxidation sites excluding steroid dienone is 3. The van der Waals surface area contributed by atoms with Crippen molar-refractivity contribution in [1.82, 2.24) is 5.32 Å². The first-order chi connectivity index (χ1) is 11.4. The van der Waals surface area contributed by atoms with E-state index in [1.807, 2.05) is 25.1 Å². The highest BCUT2D eigenvalue weighted by atomic mass is 16.3. The standard InChI is InChI=1S/C18H22N4O2.2H2/c1-12(19)6-9-17(20)22-15-5-3-4-14(10-15)18(23)21-11-16-8-7-13(2)24-16;;/h3-10,22H,11,19-20H2,1-2H3,(H,21,23);2*1H/b12-6-,17-9+;;. The van der Waals surface area contributed by atoms with E-state index in [0.29, 0.717) is 35.1 Å². The van der Waals surface area contributed by atoms with Crippen LogP contribution < -0.4 is 22.1 Å². The van der Waals surface area contributed by atoms with Crippen LogP contribution in [0.5, 0.6) is 0 Å². The van der Waals surface area contributed by atoms with E-state index < -0.39 is 0 Å². The predicted octanol–water partition coefficient (Wildman–Crippen LogP) is 3.08. The zero-order valence-electron chi connectivity index (χ0n) is 13.8. The summed E-state index contributed by atoms with van der Waals surface area (Å²) in [6.45, 7) is 3.97. The summed E-state index contributed by atoms with van der Waals surface area (Å²) in [7, 11) is 0. The Kier molecular flexibility index (Phi) is 5.68. The molecule has 0 spiro atoms. The molecule has 0 bridgehead atoms. The molecule has 6 nitrogen and oxygen atoms in total. The second-order valence-corrected chi connectivity index (χ2v) is 5.43. The van der Waals surface area contributed by atoms with Crippen LogP contribution in [0.25, 0.3) is 0 Å². The first kappa shape index (κ1) is 17.2. The average molecular weight is 330 g/mol. The van der Waals surface area contributed by atoms with Crippen molar-refractivity contribution < 1.29 is 12.1 Å². The Morgan fingerprint density at radius 3 is 2.71 bits per heavy atom. The maximum atomic E-state index is 12.2. The fourth-order valence-electron chi connectivity index (χ4n) is 2.02. The number of furan rings is 1. The molecule has 6 N–H and O–H groups in total. The number of benzene rings is 1. The third-order valence-electron chi connectivity index (χ3n) is 3.16. The summed E-state index contributed by atoms with van der Waals surface area (Å²) in [6.07, 6.45) is 3.37. The SMILES string of the molecule is C/C(N)=C/C=C(\N)Nc1cccc(C(=O)NCc2ccc(C)o2)c1.[HH].[HH]. The summed E-state index contributed by atoms with van der Waals surface area (Å²) in [5.74, 6) is 1.78. The summed E-state index contributed by atoms with van der Waals surface area (Å²) in [5.41, 5.74) is 13.3. The van der Waals surface area contributed by atoms with Gasteiger partial charge in [-0.2, -0.15) is 0 Å². The summed E-state index contributed by atoms with van der Waals surface area (Å²) in [6, 6.07) is 10.8. The summed E-state index contributed by atoms with van der Waals surface area (Å²) in [4.78, 5) is 12.2. The lowest BCUT2D eigenvalue weighted by Crippen LogP contribution is -2.22. The highest BCUT2D eigenvalue weighted by molar-refractivity contribution is 5.95. The Hall–Kier alpha value is -3.15. The van der Waals surface area contributed by atoms with E-state index in [1.54, 1.807) is 37.3 Å². The molecular formula is C18H26N4O2. The average Bonchev–Trinajstić information content (AvgIpc) is 2.96. The van der Waals surface area contributed by atoms with E-state index >= 15 is 0 Å². The van der Waals surface area contributed by atoms with Crippen molar-refractivity contribution >= 4 is 11.6 Å². The van der Waals surface area contributed by atoms with Gasteiger partial charge in [-0.1, -0.05) is 6.07 Å². The van der Waals surface area contributed by atoms with Crippen molar-refractivity contribution in [3.8, 4) is 0 Å². The molecule has 1 aromatic heterocycles. The number of anilines is 1. The Bertz CT molecular complexity index is 781. The largest absolute Gasteiger partial charge is 0.465 e. The van der Waals surface area contributed by atoms with Gasteiger partial charge in [0.2, 0.25) is 0 Å². The van der Waals surface area contributed by atoms with E-state index in [1.165, 1.54) is 0 Å². The molecule has 0 unspecified atom stereocenters. The molecule has 130 valence electrons. The van der Waals surface area contributed by atoms with Gasteiger partial charge in [0, 0.05) is 19.8 Å². The van der Waals surface area contributed by atoms with E-state index in [0.717, 1.165) is 5.76 Å². The predicted molar refractivity (Wildman–Crippen MR) is 99.1 cm³/mol. The zero-order chi connectivity index (χ0) is 17.5. The summed E-state index contributed by atoms with van der Waals surface area (Å²) in [5, 5.41) is 5.83. The molecule has 1 amide bonds. The number of carbonyl (C=O) groups excluding carboxylic acids is 1. The van der Waals surface area contributed by atoms with E-state index in [4.69, 9.17) is 15.9 Å². The Labute approximate surface area is 144 Å². The van der Waals surface area contributed by atoms with Gasteiger partial charge in [-0.3, -0.25) is 4.79 Å². The van der Waals surface area contributed by atoms with Gasteiger partial charge in [0.15, 0.2) is 0 Å². The maximum absolute atomic E-state index is 12.2. The lowest BCUT2D eigenvalue weighted by molar-refractivity contribution is 0.0948. The topological polar surface area (TPSA) is 106 Å². The van der Waals surface area contributed by atoms with Gasteiger partial charge >= 0.3 is 0 Å². The number of hydrogen-bond acceptors (Lipinski definition) is 5. The number of aryl methyl sites for hydroxylation is 1. The smallest absolute Gasteiger partial charge is 0.251 e. The highest BCUT2D eigenvalue weighted by Crippen LogP contribution is 2.12. The van der Waals surface area contributed by atoms with Crippen LogP contribution in [0.4, 0.5) is 5.69 Å². The molecule has 6 heteroatoms. The van der Waals surface area contributed by atoms with Gasteiger partial charge in [0.1, 0.15) is 17.3 Å². The second kappa shape index (κ2) is 7.92. The number of rotatable bonds is 6.